The Kier molecular flexibility index (Phi) is 6.67. The highest BCUT2D eigenvalue weighted by atomic mass is 16.5. The molecule has 0 heterocycles. The van der Waals surface area contributed by atoms with Crippen molar-refractivity contribution in [2.24, 2.45) is 0 Å². The molecule has 0 saturated heterocycles. The molecule has 0 aliphatic carbocycles. The predicted molar refractivity (Wildman–Crippen MR) is 78.5 cm³/mol. The van der Waals surface area contributed by atoms with Gasteiger partial charge in [-0.25, -0.2) is 4.79 Å². The Morgan fingerprint density at radius 2 is 1.71 bits per heavy atom. The van der Waals surface area contributed by atoms with Gasteiger partial charge < -0.3 is 15.4 Å². The van der Waals surface area contributed by atoms with Gasteiger partial charge in [0.2, 0.25) is 11.8 Å². The highest BCUT2D eigenvalue weighted by Crippen LogP contribution is 2.07. The van der Waals surface area contributed by atoms with Crippen LogP contribution in [0.1, 0.15) is 22.8 Å². The van der Waals surface area contributed by atoms with Gasteiger partial charge in [0.1, 0.15) is 0 Å². The summed E-state index contributed by atoms with van der Waals surface area (Å²) in [6.45, 7) is 2.17. The third-order valence-corrected chi connectivity index (χ3v) is 2.56. The molecule has 2 N–H and O–H groups in total. The number of amides is 2. The zero-order valence-electron chi connectivity index (χ0n) is 12.0. The molecule has 1 rings (SSSR count). The minimum absolute atomic E-state index is 0.134. The van der Waals surface area contributed by atoms with Gasteiger partial charge in [0.05, 0.1) is 12.7 Å². The van der Waals surface area contributed by atoms with E-state index in [4.69, 9.17) is 0 Å². The second kappa shape index (κ2) is 8.52. The summed E-state index contributed by atoms with van der Waals surface area (Å²) in [4.78, 5) is 33.4. The van der Waals surface area contributed by atoms with Gasteiger partial charge in [-0.2, -0.15) is 0 Å². The van der Waals surface area contributed by atoms with E-state index in [-0.39, 0.29) is 11.8 Å². The quantitative estimate of drug-likeness (QED) is 0.460. The van der Waals surface area contributed by atoms with Gasteiger partial charge in [0, 0.05) is 26.1 Å². The van der Waals surface area contributed by atoms with Crippen LogP contribution in [0, 0.1) is 0 Å². The van der Waals surface area contributed by atoms with Crippen molar-refractivity contribution in [3.05, 3.63) is 41.5 Å². The first-order valence-corrected chi connectivity index (χ1v) is 6.41. The molecule has 112 valence electrons. The molecule has 0 saturated carbocycles. The van der Waals surface area contributed by atoms with Gasteiger partial charge in [0.25, 0.3) is 0 Å². The predicted octanol–water partition coefficient (Wildman–Crippen LogP) is 0.739. The number of carbonyl (C=O) groups is 3. The van der Waals surface area contributed by atoms with Crippen molar-refractivity contribution in [2.75, 3.05) is 20.2 Å². The van der Waals surface area contributed by atoms with E-state index in [2.05, 4.69) is 15.4 Å². The number of esters is 1. The Morgan fingerprint density at radius 1 is 1.10 bits per heavy atom. The zero-order valence-corrected chi connectivity index (χ0v) is 12.0. The Bertz CT molecular complexity index is 535. The van der Waals surface area contributed by atoms with Gasteiger partial charge >= 0.3 is 5.97 Å². The van der Waals surface area contributed by atoms with Crippen molar-refractivity contribution in [1.29, 1.82) is 0 Å². The average molecular weight is 290 g/mol. The van der Waals surface area contributed by atoms with Crippen molar-refractivity contribution < 1.29 is 19.1 Å². The van der Waals surface area contributed by atoms with Crippen LogP contribution in [0.3, 0.4) is 0 Å². The van der Waals surface area contributed by atoms with Gasteiger partial charge in [-0.3, -0.25) is 9.59 Å². The zero-order chi connectivity index (χ0) is 15.7. The van der Waals surface area contributed by atoms with Gasteiger partial charge in [0.15, 0.2) is 0 Å². The van der Waals surface area contributed by atoms with Crippen molar-refractivity contribution in [3.63, 3.8) is 0 Å². The van der Waals surface area contributed by atoms with E-state index in [9.17, 15) is 14.4 Å². The summed E-state index contributed by atoms with van der Waals surface area (Å²) in [5.74, 6) is -0.788. The topological polar surface area (TPSA) is 84.5 Å². The van der Waals surface area contributed by atoms with E-state index in [1.54, 1.807) is 30.3 Å². The number of hydrogen-bond donors (Lipinski definition) is 2. The standard InChI is InChI=1S/C15H18N2O4/c1-11(18)16-9-10-17-14(19)8-5-12-3-6-13(7-4-12)15(20)21-2/h3-8H,9-10H2,1-2H3,(H,16,18)(H,17,19). The molecular formula is C15H18N2O4. The molecule has 0 spiro atoms. The maximum atomic E-state index is 11.5. The highest BCUT2D eigenvalue weighted by Gasteiger charge is 2.03. The van der Waals surface area contributed by atoms with Crippen LogP contribution in [0.2, 0.25) is 0 Å². The molecule has 21 heavy (non-hydrogen) atoms. The molecule has 1 aromatic rings. The molecule has 2 amide bonds. The Labute approximate surface area is 123 Å². The molecule has 1 aromatic carbocycles. The lowest BCUT2D eigenvalue weighted by Crippen LogP contribution is -2.32. The van der Waals surface area contributed by atoms with Gasteiger partial charge in [-0.15, -0.1) is 0 Å². The third kappa shape index (κ3) is 6.38. The van der Waals surface area contributed by atoms with Crippen LogP contribution >= 0.6 is 0 Å². The monoisotopic (exact) mass is 290 g/mol. The van der Waals surface area contributed by atoms with Crippen LogP contribution in [-0.4, -0.2) is 38.0 Å². The summed E-state index contributed by atoms with van der Waals surface area (Å²) in [6.07, 6.45) is 3.02. The van der Waals surface area contributed by atoms with Crippen molar-refractivity contribution >= 4 is 23.9 Å². The van der Waals surface area contributed by atoms with E-state index in [0.717, 1.165) is 5.56 Å². The first-order valence-electron chi connectivity index (χ1n) is 6.41. The lowest BCUT2D eigenvalue weighted by atomic mass is 10.1. The summed E-state index contributed by atoms with van der Waals surface area (Å²) in [7, 11) is 1.32. The van der Waals surface area contributed by atoms with E-state index in [1.165, 1.54) is 20.1 Å². The van der Waals surface area contributed by atoms with E-state index >= 15 is 0 Å². The van der Waals surface area contributed by atoms with Gasteiger partial charge in [-0.1, -0.05) is 12.1 Å². The molecule has 6 heteroatoms. The summed E-state index contributed by atoms with van der Waals surface area (Å²) < 4.78 is 4.60. The number of carbonyl (C=O) groups excluding carboxylic acids is 3. The molecule has 0 bridgehead atoms. The molecule has 0 radical (unpaired) electrons. The van der Waals surface area contributed by atoms with E-state index in [0.29, 0.717) is 18.7 Å². The summed E-state index contributed by atoms with van der Waals surface area (Å²) in [5.41, 5.74) is 1.24. The largest absolute Gasteiger partial charge is 0.465 e. The second-order valence-electron chi connectivity index (χ2n) is 4.22. The Morgan fingerprint density at radius 3 is 2.29 bits per heavy atom. The fourth-order valence-electron chi connectivity index (χ4n) is 1.50. The number of hydrogen-bond acceptors (Lipinski definition) is 4. The maximum Gasteiger partial charge on any atom is 0.337 e. The molecule has 0 atom stereocenters. The maximum absolute atomic E-state index is 11.5. The lowest BCUT2D eigenvalue weighted by molar-refractivity contribution is -0.119. The molecule has 0 fully saturated rings. The fraction of sp³-hybridized carbons (Fsp3) is 0.267. The average Bonchev–Trinajstić information content (AvgIpc) is 2.49. The van der Waals surface area contributed by atoms with Crippen molar-refractivity contribution in [3.8, 4) is 0 Å². The first kappa shape index (κ1) is 16.4. The van der Waals surface area contributed by atoms with E-state index < -0.39 is 5.97 Å². The first-order chi connectivity index (χ1) is 10.0. The minimum Gasteiger partial charge on any atom is -0.465 e. The minimum atomic E-state index is -0.402. The molecule has 0 aliphatic heterocycles. The number of rotatable bonds is 6. The van der Waals surface area contributed by atoms with Crippen LogP contribution < -0.4 is 10.6 Å². The molecule has 6 nitrogen and oxygen atoms in total. The number of nitrogens with one attached hydrogen (secondary N) is 2. The Hall–Kier alpha value is -2.63. The van der Waals surface area contributed by atoms with Crippen molar-refractivity contribution in [2.45, 2.75) is 6.92 Å². The summed E-state index contributed by atoms with van der Waals surface area (Å²) >= 11 is 0. The molecule has 0 unspecified atom stereocenters. The number of benzene rings is 1. The van der Waals surface area contributed by atoms with Crippen LogP contribution in [0.5, 0.6) is 0 Å². The second-order valence-corrected chi connectivity index (χ2v) is 4.22. The van der Waals surface area contributed by atoms with Crippen LogP contribution in [-0.2, 0) is 14.3 Å². The SMILES string of the molecule is COC(=O)c1ccc(C=CC(=O)NCCNC(C)=O)cc1. The smallest absolute Gasteiger partial charge is 0.337 e. The number of methoxy groups -OCH3 is 1. The Balaban J connectivity index is 2.43. The fourth-order valence-corrected chi connectivity index (χ4v) is 1.50. The third-order valence-electron chi connectivity index (χ3n) is 2.56. The summed E-state index contributed by atoms with van der Waals surface area (Å²) in [5, 5.41) is 5.21. The van der Waals surface area contributed by atoms with Crippen LogP contribution in [0.25, 0.3) is 6.08 Å². The number of ether oxygens (including phenoxy) is 1. The van der Waals surface area contributed by atoms with Crippen molar-refractivity contribution in [1.82, 2.24) is 10.6 Å². The molecular weight excluding hydrogens is 272 g/mol. The summed E-state index contributed by atoms with van der Waals surface area (Å²) in [6, 6.07) is 6.68. The van der Waals surface area contributed by atoms with Gasteiger partial charge in [-0.05, 0) is 23.8 Å². The molecule has 0 aromatic heterocycles. The lowest BCUT2D eigenvalue weighted by Gasteiger charge is -2.02. The van der Waals surface area contributed by atoms with Crippen LogP contribution in [0.15, 0.2) is 30.3 Å². The molecule has 0 aliphatic rings. The van der Waals surface area contributed by atoms with E-state index in [1.807, 2.05) is 0 Å². The highest BCUT2D eigenvalue weighted by molar-refractivity contribution is 5.92. The normalized spacial score (nSPS) is 10.2. The van der Waals surface area contributed by atoms with Crippen LogP contribution in [0.4, 0.5) is 0 Å².